The average molecular weight is 413 g/mol. The average Bonchev–Trinajstić information content (AvgIpc) is 2.91. The number of ether oxygens (including phenoxy) is 1. The topological polar surface area (TPSA) is 82.0 Å². The maximum Gasteiger partial charge on any atom is 0.255 e. The van der Waals surface area contributed by atoms with Gasteiger partial charge in [-0.15, -0.1) is 0 Å². The van der Waals surface area contributed by atoms with Crippen molar-refractivity contribution in [2.75, 3.05) is 18.0 Å². The van der Waals surface area contributed by atoms with Crippen LogP contribution in [0.15, 0.2) is 48.5 Å². The van der Waals surface area contributed by atoms with Crippen LogP contribution in [-0.4, -0.2) is 47.5 Å². The van der Waals surface area contributed by atoms with Crippen LogP contribution in [0.5, 0.6) is 11.5 Å². The summed E-state index contributed by atoms with van der Waals surface area (Å²) in [5.41, 5.74) is 1.09. The fraction of sp³-hybridized carbons (Fsp3) is 0.458. The highest BCUT2D eigenvalue weighted by Crippen LogP contribution is 2.27. The fourth-order valence-corrected chi connectivity index (χ4v) is 4.01. The number of carbonyl (C=O) groups is 1. The fourth-order valence-electron chi connectivity index (χ4n) is 4.01. The third kappa shape index (κ3) is 5.25. The van der Waals surface area contributed by atoms with Gasteiger partial charge in [0.2, 0.25) is 0 Å². The van der Waals surface area contributed by atoms with E-state index in [4.69, 9.17) is 4.74 Å². The van der Waals surface area contributed by atoms with Crippen molar-refractivity contribution in [2.24, 2.45) is 0 Å². The van der Waals surface area contributed by atoms with Crippen molar-refractivity contribution in [3.8, 4) is 11.5 Å². The lowest BCUT2D eigenvalue weighted by molar-refractivity contribution is 0.0129. The van der Waals surface area contributed by atoms with E-state index in [1.54, 1.807) is 12.1 Å². The molecule has 30 heavy (non-hydrogen) atoms. The monoisotopic (exact) mass is 412 g/mol. The smallest absolute Gasteiger partial charge is 0.255 e. The van der Waals surface area contributed by atoms with Crippen LogP contribution in [0.25, 0.3) is 0 Å². The number of hydrogen-bond donors (Lipinski definition) is 3. The summed E-state index contributed by atoms with van der Waals surface area (Å²) < 4.78 is 6.00. The number of nitrogens with one attached hydrogen (secondary N) is 1. The molecule has 1 amide bonds. The number of amides is 1. The number of nitrogens with zero attached hydrogens (tertiary/aromatic N) is 1. The van der Waals surface area contributed by atoms with Crippen LogP contribution in [0.2, 0.25) is 0 Å². The van der Waals surface area contributed by atoms with E-state index in [1.807, 2.05) is 50.2 Å². The lowest BCUT2D eigenvalue weighted by Gasteiger charge is -2.28. The molecule has 0 spiro atoms. The SMILES string of the molecule is CCN(CC)c1ccc(C(=O)N[C@@H]2CCCC[C@@H](Oc3ccccc3)[C@@H]2O)c(O)c1. The highest BCUT2D eigenvalue weighted by atomic mass is 16.5. The summed E-state index contributed by atoms with van der Waals surface area (Å²) in [7, 11) is 0. The Morgan fingerprint density at radius 2 is 1.80 bits per heavy atom. The van der Waals surface area contributed by atoms with Gasteiger partial charge in [-0.1, -0.05) is 24.6 Å². The maximum atomic E-state index is 12.8. The first-order valence-electron chi connectivity index (χ1n) is 10.8. The summed E-state index contributed by atoms with van der Waals surface area (Å²) >= 11 is 0. The summed E-state index contributed by atoms with van der Waals surface area (Å²) in [4.78, 5) is 14.9. The first-order valence-corrected chi connectivity index (χ1v) is 10.8. The van der Waals surface area contributed by atoms with E-state index >= 15 is 0 Å². The maximum absolute atomic E-state index is 12.8. The van der Waals surface area contributed by atoms with Crippen LogP contribution in [0, 0.1) is 0 Å². The van der Waals surface area contributed by atoms with Gasteiger partial charge in [0.05, 0.1) is 11.6 Å². The number of aliphatic hydroxyl groups is 1. The van der Waals surface area contributed by atoms with Crippen molar-refractivity contribution >= 4 is 11.6 Å². The van der Waals surface area contributed by atoms with E-state index < -0.39 is 12.1 Å². The molecule has 0 aromatic heterocycles. The van der Waals surface area contributed by atoms with Gasteiger partial charge in [-0.05, 0) is 57.4 Å². The molecule has 3 N–H and O–H groups in total. The molecular formula is C24H32N2O4. The second-order valence-corrected chi connectivity index (χ2v) is 7.70. The van der Waals surface area contributed by atoms with E-state index in [-0.39, 0.29) is 23.3 Å². The summed E-state index contributed by atoms with van der Waals surface area (Å²) in [6.07, 6.45) is 1.99. The predicted molar refractivity (Wildman–Crippen MR) is 118 cm³/mol. The number of phenols is 1. The van der Waals surface area contributed by atoms with Crippen LogP contribution in [0.3, 0.4) is 0 Å². The zero-order valence-electron chi connectivity index (χ0n) is 17.8. The largest absolute Gasteiger partial charge is 0.507 e. The number of benzene rings is 2. The van der Waals surface area contributed by atoms with Crippen molar-refractivity contribution in [3.63, 3.8) is 0 Å². The number of aliphatic hydroxyl groups excluding tert-OH is 1. The molecule has 3 atom stereocenters. The van der Waals surface area contributed by atoms with Gasteiger partial charge < -0.3 is 25.2 Å². The molecule has 0 heterocycles. The Bertz CT molecular complexity index is 823. The Morgan fingerprint density at radius 3 is 2.47 bits per heavy atom. The Kier molecular flexibility index (Phi) is 7.57. The normalized spacial score (nSPS) is 21.5. The van der Waals surface area contributed by atoms with Crippen LogP contribution >= 0.6 is 0 Å². The van der Waals surface area contributed by atoms with E-state index in [0.717, 1.165) is 38.0 Å². The second-order valence-electron chi connectivity index (χ2n) is 7.70. The number of anilines is 1. The third-order valence-electron chi connectivity index (χ3n) is 5.75. The van der Waals surface area contributed by atoms with Gasteiger partial charge >= 0.3 is 0 Å². The molecule has 1 fully saturated rings. The zero-order valence-corrected chi connectivity index (χ0v) is 17.8. The summed E-state index contributed by atoms with van der Waals surface area (Å²) in [6, 6.07) is 14.1. The standard InChI is InChI=1S/C24H32N2O4/c1-3-26(4-2)17-14-15-19(21(27)16-17)24(29)25-20-12-8-9-13-22(23(20)28)30-18-10-6-5-7-11-18/h5-7,10-11,14-16,20,22-23,27-28H,3-4,8-9,12-13H2,1-2H3,(H,25,29)/t20-,22-,23-/m1/s1. The zero-order chi connectivity index (χ0) is 21.5. The molecule has 0 radical (unpaired) electrons. The molecule has 0 bridgehead atoms. The Balaban J connectivity index is 1.70. The first kappa shape index (κ1) is 22.0. The minimum Gasteiger partial charge on any atom is -0.507 e. The molecular weight excluding hydrogens is 380 g/mol. The van der Waals surface area contributed by atoms with E-state index in [9.17, 15) is 15.0 Å². The van der Waals surface area contributed by atoms with Crippen LogP contribution in [-0.2, 0) is 0 Å². The quantitative estimate of drug-likeness (QED) is 0.604. The summed E-state index contributed by atoms with van der Waals surface area (Å²) in [5.74, 6) is 0.262. The minimum absolute atomic E-state index is 0.0582. The molecule has 0 aliphatic heterocycles. The second kappa shape index (κ2) is 10.3. The molecule has 2 aromatic rings. The molecule has 2 aromatic carbocycles. The van der Waals surface area contributed by atoms with Crippen LogP contribution in [0.1, 0.15) is 49.9 Å². The number of hydrogen-bond acceptors (Lipinski definition) is 5. The molecule has 6 heteroatoms. The molecule has 162 valence electrons. The summed E-state index contributed by atoms with van der Waals surface area (Å²) in [6.45, 7) is 5.72. The van der Waals surface area contributed by atoms with Gasteiger partial charge in [-0.2, -0.15) is 0 Å². The van der Waals surface area contributed by atoms with Crippen LogP contribution < -0.4 is 15.0 Å². The van der Waals surface area contributed by atoms with Crippen molar-refractivity contribution in [2.45, 2.75) is 57.8 Å². The predicted octanol–water partition coefficient (Wildman–Crippen LogP) is 3.72. The molecule has 1 saturated carbocycles. The highest BCUT2D eigenvalue weighted by molar-refractivity contribution is 5.97. The molecule has 0 saturated heterocycles. The summed E-state index contributed by atoms with van der Waals surface area (Å²) in [5, 5.41) is 24.2. The van der Waals surface area contributed by atoms with Gasteiger partial charge in [0.1, 0.15) is 23.7 Å². The number of carbonyl (C=O) groups excluding carboxylic acids is 1. The van der Waals surface area contributed by atoms with Gasteiger partial charge in [-0.25, -0.2) is 0 Å². The number of rotatable bonds is 7. The van der Waals surface area contributed by atoms with Crippen molar-refractivity contribution in [3.05, 3.63) is 54.1 Å². The molecule has 1 aliphatic carbocycles. The van der Waals surface area contributed by atoms with Gasteiger partial charge in [0.15, 0.2) is 0 Å². The molecule has 3 rings (SSSR count). The minimum atomic E-state index is -0.825. The lowest BCUT2D eigenvalue weighted by atomic mass is 10.0. The molecule has 6 nitrogen and oxygen atoms in total. The third-order valence-corrected chi connectivity index (χ3v) is 5.75. The highest BCUT2D eigenvalue weighted by Gasteiger charge is 2.33. The van der Waals surface area contributed by atoms with E-state index in [2.05, 4.69) is 10.2 Å². The van der Waals surface area contributed by atoms with Crippen LogP contribution in [0.4, 0.5) is 5.69 Å². The lowest BCUT2D eigenvalue weighted by Crippen LogP contribution is -2.49. The first-order chi connectivity index (χ1) is 14.5. The van der Waals surface area contributed by atoms with E-state index in [0.29, 0.717) is 12.2 Å². The van der Waals surface area contributed by atoms with Gasteiger partial charge in [-0.3, -0.25) is 4.79 Å². The molecule has 0 unspecified atom stereocenters. The number of aromatic hydroxyl groups is 1. The Hall–Kier alpha value is -2.73. The number of para-hydroxylation sites is 1. The van der Waals surface area contributed by atoms with Gasteiger partial charge in [0.25, 0.3) is 5.91 Å². The van der Waals surface area contributed by atoms with Gasteiger partial charge in [0, 0.05) is 24.8 Å². The number of phenolic OH excluding ortho intramolecular Hbond substituents is 1. The molecule has 1 aliphatic rings. The Morgan fingerprint density at radius 1 is 1.10 bits per heavy atom. The van der Waals surface area contributed by atoms with E-state index in [1.165, 1.54) is 0 Å². The van der Waals surface area contributed by atoms with Crippen molar-refractivity contribution in [1.29, 1.82) is 0 Å². The van der Waals surface area contributed by atoms with Crippen molar-refractivity contribution in [1.82, 2.24) is 5.32 Å². The Labute approximate surface area is 178 Å². The van der Waals surface area contributed by atoms with Crippen molar-refractivity contribution < 1.29 is 19.7 Å².